The topological polar surface area (TPSA) is 118 Å². The van der Waals surface area contributed by atoms with Crippen LogP contribution in [0.5, 0.6) is 0 Å². The maximum atomic E-state index is 10.8. The highest BCUT2D eigenvalue weighted by molar-refractivity contribution is 5.66. The maximum Gasteiger partial charge on any atom is 0.303 e. The maximum absolute atomic E-state index is 10.8. The molecule has 0 fully saturated rings. The van der Waals surface area contributed by atoms with Crippen LogP contribution in [0.2, 0.25) is 0 Å². The van der Waals surface area contributed by atoms with Crippen molar-refractivity contribution in [2.45, 2.75) is 76.7 Å². The number of nitro groups is 1. The SMILES string of the molecule is O=C(O)CCCCCCCCCC(CCC(=O)O)[N+](=O)[O-]. The predicted molar refractivity (Wildman–Crippen MR) is 76.8 cm³/mol. The van der Waals surface area contributed by atoms with Crippen LogP contribution in [0.25, 0.3) is 0 Å². The molecule has 0 aromatic carbocycles. The van der Waals surface area contributed by atoms with Gasteiger partial charge < -0.3 is 10.2 Å². The largest absolute Gasteiger partial charge is 0.481 e. The van der Waals surface area contributed by atoms with Crippen molar-refractivity contribution in [3.8, 4) is 0 Å². The summed E-state index contributed by atoms with van der Waals surface area (Å²) in [4.78, 5) is 31.1. The number of nitrogens with zero attached hydrogens (tertiary/aromatic N) is 1. The fourth-order valence-electron chi connectivity index (χ4n) is 2.19. The molecule has 0 aliphatic carbocycles. The Morgan fingerprint density at radius 1 is 0.810 bits per heavy atom. The molecule has 0 spiro atoms. The summed E-state index contributed by atoms with van der Waals surface area (Å²) in [5.74, 6) is -1.76. The van der Waals surface area contributed by atoms with Crippen LogP contribution < -0.4 is 0 Å². The Morgan fingerprint density at radius 3 is 1.76 bits per heavy atom. The molecule has 1 unspecified atom stereocenters. The number of carboxylic acid groups (broad SMARTS) is 2. The van der Waals surface area contributed by atoms with Gasteiger partial charge in [-0.1, -0.05) is 32.1 Å². The Labute approximate surface area is 124 Å². The molecule has 0 aromatic rings. The number of carbonyl (C=O) groups is 2. The summed E-state index contributed by atoms with van der Waals surface area (Å²) in [5.41, 5.74) is 0. The summed E-state index contributed by atoms with van der Waals surface area (Å²) in [6.45, 7) is 0. The van der Waals surface area contributed by atoms with Gasteiger partial charge in [0.15, 0.2) is 0 Å². The second kappa shape index (κ2) is 12.1. The van der Waals surface area contributed by atoms with E-state index in [-0.39, 0.29) is 24.2 Å². The number of carboxylic acids is 2. The zero-order valence-electron chi connectivity index (χ0n) is 12.3. The number of hydrogen-bond acceptors (Lipinski definition) is 4. The molecule has 0 amide bonds. The first-order valence-corrected chi connectivity index (χ1v) is 7.50. The van der Waals surface area contributed by atoms with Gasteiger partial charge >= 0.3 is 11.9 Å². The molecule has 0 bridgehead atoms. The zero-order chi connectivity index (χ0) is 16.1. The van der Waals surface area contributed by atoms with Crippen LogP contribution in [-0.4, -0.2) is 33.1 Å². The fourth-order valence-corrected chi connectivity index (χ4v) is 2.19. The van der Waals surface area contributed by atoms with Crippen molar-refractivity contribution in [3.63, 3.8) is 0 Å². The van der Waals surface area contributed by atoms with Crippen LogP contribution in [0.4, 0.5) is 0 Å². The van der Waals surface area contributed by atoms with Gasteiger partial charge in [0.25, 0.3) is 0 Å². The third-order valence-electron chi connectivity index (χ3n) is 3.42. The van der Waals surface area contributed by atoms with Crippen molar-refractivity contribution in [2.75, 3.05) is 0 Å². The summed E-state index contributed by atoms with van der Waals surface area (Å²) in [6.07, 6.45) is 6.81. The number of hydrogen-bond donors (Lipinski definition) is 2. The monoisotopic (exact) mass is 303 g/mol. The lowest BCUT2D eigenvalue weighted by molar-refractivity contribution is -0.524. The van der Waals surface area contributed by atoms with Gasteiger partial charge in [-0.05, 0) is 12.8 Å². The standard InChI is InChI=1S/C14H25NO6/c16-13(17)9-7-5-3-1-2-4-6-8-12(15(20)21)10-11-14(18)19/h12H,1-11H2,(H,16,17)(H,18,19). The number of aliphatic carboxylic acids is 2. The molecule has 0 rings (SSSR count). The van der Waals surface area contributed by atoms with E-state index >= 15 is 0 Å². The van der Waals surface area contributed by atoms with Crippen molar-refractivity contribution < 1.29 is 24.7 Å². The van der Waals surface area contributed by atoms with E-state index in [0.717, 1.165) is 38.5 Å². The van der Waals surface area contributed by atoms with Crippen LogP contribution in [0.3, 0.4) is 0 Å². The van der Waals surface area contributed by atoms with Crippen LogP contribution >= 0.6 is 0 Å². The molecule has 0 saturated carbocycles. The fraction of sp³-hybridized carbons (Fsp3) is 0.857. The van der Waals surface area contributed by atoms with Crippen molar-refractivity contribution in [3.05, 3.63) is 10.1 Å². The van der Waals surface area contributed by atoms with Crippen LogP contribution in [0.15, 0.2) is 0 Å². The van der Waals surface area contributed by atoms with Gasteiger partial charge in [0.1, 0.15) is 0 Å². The van der Waals surface area contributed by atoms with E-state index in [4.69, 9.17) is 10.2 Å². The van der Waals surface area contributed by atoms with Crippen molar-refractivity contribution in [1.82, 2.24) is 0 Å². The highest BCUT2D eigenvalue weighted by atomic mass is 16.6. The summed E-state index contributed by atoms with van der Waals surface area (Å²) >= 11 is 0. The number of unbranched alkanes of at least 4 members (excludes halogenated alkanes) is 6. The van der Waals surface area contributed by atoms with Crippen molar-refractivity contribution in [2.24, 2.45) is 0 Å². The Hall–Kier alpha value is -1.66. The van der Waals surface area contributed by atoms with Gasteiger partial charge in [0, 0.05) is 24.2 Å². The molecule has 0 heterocycles. The second-order valence-corrected chi connectivity index (χ2v) is 5.28. The van der Waals surface area contributed by atoms with Gasteiger partial charge in [-0.2, -0.15) is 0 Å². The third-order valence-corrected chi connectivity index (χ3v) is 3.42. The Bertz CT molecular complexity index is 331. The summed E-state index contributed by atoms with van der Waals surface area (Å²) in [6, 6.07) is -0.753. The van der Waals surface area contributed by atoms with E-state index in [1.165, 1.54) is 0 Å². The highest BCUT2D eigenvalue weighted by Crippen LogP contribution is 2.14. The van der Waals surface area contributed by atoms with Gasteiger partial charge in [-0.3, -0.25) is 19.7 Å². The third kappa shape index (κ3) is 13.1. The van der Waals surface area contributed by atoms with Crippen LogP contribution in [0.1, 0.15) is 70.6 Å². The quantitative estimate of drug-likeness (QED) is 0.289. The van der Waals surface area contributed by atoms with Gasteiger partial charge in [0.05, 0.1) is 6.42 Å². The predicted octanol–water partition coefficient (Wildman–Crippen LogP) is 3.09. The highest BCUT2D eigenvalue weighted by Gasteiger charge is 2.20. The molecular formula is C14H25NO6. The van der Waals surface area contributed by atoms with Crippen molar-refractivity contribution in [1.29, 1.82) is 0 Å². The van der Waals surface area contributed by atoms with E-state index in [9.17, 15) is 19.7 Å². The molecular weight excluding hydrogens is 278 g/mol. The van der Waals surface area contributed by atoms with E-state index in [2.05, 4.69) is 0 Å². The zero-order valence-corrected chi connectivity index (χ0v) is 12.3. The Morgan fingerprint density at radius 2 is 1.29 bits per heavy atom. The molecule has 0 aliphatic heterocycles. The minimum Gasteiger partial charge on any atom is -0.481 e. The molecule has 21 heavy (non-hydrogen) atoms. The van der Waals surface area contributed by atoms with E-state index < -0.39 is 18.0 Å². The summed E-state index contributed by atoms with van der Waals surface area (Å²) in [5, 5.41) is 27.8. The van der Waals surface area contributed by atoms with Gasteiger partial charge in [-0.15, -0.1) is 0 Å². The number of rotatable bonds is 14. The first-order chi connectivity index (χ1) is 9.93. The minimum absolute atomic E-state index is 0.0948. The summed E-state index contributed by atoms with van der Waals surface area (Å²) in [7, 11) is 0. The van der Waals surface area contributed by atoms with E-state index in [0.29, 0.717) is 12.8 Å². The lowest BCUT2D eigenvalue weighted by Gasteiger charge is -2.08. The van der Waals surface area contributed by atoms with Crippen molar-refractivity contribution >= 4 is 11.9 Å². The van der Waals surface area contributed by atoms with E-state index in [1.54, 1.807) is 0 Å². The molecule has 0 saturated heterocycles. The van der Waals surface area contributed by atoms with Crippen LogP contribution in [0, 0.1) is 10.1 Å². The lowest BCUT2D eigenvalue weighted by Crippen LogP contribution is -2.20. The average molecular weight is 303 g/mol. The molecule has 1 atom stereocenters. The summed E-state index contributed by atoms with van der Waals surface area (Å²) < 4.78 is 0. The van der Waals surface area contributed by atoms with E-state index in [1.807, 2.05) is 0 Å². The lowest BCUT2D eigenvalue weighted by atomic mass is 10.0. The second-order valence-electron chi connectivity index (χ2n) is 5.28. The molecule has 2 N–H and O–H groups in total. The normalized spacial score (nSPS) is 12.0. The first kappa shape index (κ1) is 19.3. The molecule has 0 aliphatic rings. The Balaban J connectivity index is 3.51. The van der Waals surface area contributed by atoms with Gasteiger partial charge in [0.2, 0.25) is 6.04 Å². The Kier molecular flexibility index (Phi) is 11.2. The molecule has 0 radical (unpaired) electrons. The molecule has 7 nitrogen and oxygen atoms in total. The molecule has 122 valence electrons. The van der Waals surface area contributed by atoms with Crippen LogP contribution in [-0.2, 0) is 9.59 Å². The van der Waals surface area contributed by atoms with Gasteiger partial charge in [-0.25, -0.2) is 0 Å². The molecule has 7 heteroatoms. The first-order valence-electron chi connectivity index (χ1n) is 7.50. The average Bonchev–Trinajstić information content (AvgIpc) is 2.39. The smallest absolute Gasteiger partial charge is 0.303 e. The molecule has 0 aromatic heterocycles. The minimum atomic E-state index is -0.997.